The van der Waals surface area contributed by atoms with Crippen molar-refractivity contribution in [1.82, 2.24) is 10.6 Å². The monoisotopic (exact) mass is 425 g/mol. The van der Waals surface area contributed by atoms with Gasteiger partial charge in [-0.3, -0.25) is 4.79 Å². The molecule has 0 heterocycles. The summed E-state index contributed by atoms with van der Waals surface area (Å²) in [6.45, 7) is 4.66. The molecule has 5 heteroatoms. The van der Waals surface area contributed by atoms with Gasteiger partial charge in [-0.1, -0.05) is 59.3 Å². The van der Waals surface area contributed by atoms with E-state index >= 15 is 0 Å². The van der Waals surface area contributed by atoms with Crippen LogP contribution in [-0.4, -0.2) is 12.5 Å². The Morgan fingerprint density at radius 3 is 2.59 bits per heavy atom. The summed E-state index contributed by atoms with van der Waals surface area (Å²) in [5, 5.41) is 15.2. The van der Waals surface area contributed by atoms with Crippen molar-refractivity contribution >= 4 is 21.8 Å². The number of carbonyl (C=O) groups is 1. The molecule has 2 rings (SSSR count). The summed E-state index contributed by atoms with van der Waals surface area (Å²) < 4.78 is 1.04. The first-order valence-electron chi connectivity index (χ1n) is 9.01. The average molecular weight is 426 g/mol. The van der Waals surface area contributed by atoms with Crippen LogP contribution in [0.4, 0.5) is 0 Å². The molecule has 1 unspecified atom stereocenters. The second-order valence-electron chi connectivity index (χ2n) is 6.29. The normalized spacial score (nSPS) is 12.1. The Balaban J connectivity index is 1.88. The third kappa shape index (κ3) is 6.58. The summed E-state index contributed by atoms with van der Waals surface area (Å²) in [5.41, 5.74) is 3.52. The molecule has 0 aliphatic rings. The van der Waals surface area contributed by atoms with E-state index in [-0.39, 0.29) is 17.5 Å². The van der Waals surface area contributed by atoms with E-state index in [2.05, 4.69) is 51.7 Å². The van der Waals surface area contributed by atoms with Gasteiger partial charge < -0.3 is 10.6 Å². The van der Waals surface area contributed by atoms with E-state index in [1.807, 2.05) is 43.3 Å². The van der Waals surface area contributed by atoms with Crippen molar-refractivity contribution in [3.8, 4) is 6.07 Å². The summed E-state index contributed by atoms with van der Waals surface area (Å²) in [6.07, 6.45) is 3.27. The van der Waals surface area contributed by atoms with Gasteiger partial charge in [0.05, 0.1) is 6.04 Å². The van der Waals surface area contributed by atoms with Gasteiger partial charge in [0, 0.05) is 17.2 Å². The largest absolute Gasteiger partial charge is 0.389 e. The summed E-state index contributed by atoms with van der Waals surface area (Å²) in [6, 6.07) is 18.0. The van der Waals surface area contributed by atoms with Gasteiger partial charge in [-0.05, 0) is 48.6 Å². The Labute approximate surface area is 169 Å². The number of hydrogen-bond acceptors (Lipinski definition) is 3. The molecule has 0 aliphatic carbocycles. The molecule has 27 heavy (non-hydrogen) atoms. The number of nitriles is 1. The van der Waals surface area contributed by atoms with Crippen LogP contribution in [0.3, 0.4) is 0 Å². The maximum atomic E-state index is 12.3. The minimum Gasteiger partial charge on any atom is -0.389 e. The molecule has 0 aliphatic heterocycles. The number of amides is 1. The predicted octanol–water partition coefficient (Wildman–Crippen LogP) is 4.43. The van der Waals surface area contributed by atoms with Crippen molar-refractivity contribution in [2.75, 3.05) is 6.54 Å². The summed E-state index contributed by atoms with van der Waals surface area (Å²) in [5.74, 6) is -0.375. The smallest absolute Gasteiger partial charge is 0.263 e. The van der Waals surface area contributed by atoms with Crippen LogP contribution in [0.1, 0.15) is 36.6 Å². The number of nitrogens with one attached hydrogen (secondary N) is 2. The number of nitrogens with zero attached hydrogens (tertiary/aromatic N) is 1. The van der Waals surface area contributed by atoms with E-state index in [4.69, 9.17) is 0 Å². The zero-order valence-corrected chi connectivity index (χ0v) is 17.2. The van der Waals surface area contributed by atoms with Crippen LogP contribution in [0, 0.1) is 11.3 Å². The number of rotatable bonds is 8. The Bertz CT molecular complexity index is 837. The van der Waals surface area contributed by atoms with Gasteiger partial charge >= 0.3 is 0 Å². The molecular weight excluding hydrogens is 402 g/mol. The molecule has 2 aromatic carbocycles. The molecule has 0 fully saturated rings. The number of hydrogen-bond donors (Lipinski definition) is 2. The molecule has 4 nitrogen and oxygen atoms in total. The van der Waals surface area contributed by atoms with E-state index in [0.717, 1.165) is 22.9 Å². The van der Waals surface area contributed by atoms with Crippen LogP contribution < -0.4 is 10.6 Å². The number of aryl methyl sites for hydroxylation is 1. The zero-order chi connectivity index (χ0) is 19.6. The van der Waals surface area contributed by atoms with Crippen molar-refractivity contribution in [3.05, 3.63) is 81.5 Å². The molecule has 1 amide bonds. The van der Waals surface area contributed by atoms with Crippen LogP contribution in [-0.2, 0) is 17.6 Å². The fourth-order valence-electron chi connectivity index (χ4n) is 2.63. The van der Waals surface area contributed by atoms with Gasteiger partial charge in [-0.25, -0.2) is 0 Å². The van der Waals surface area contributed by atoms with Gasteiger partial charge in [0.25, 0.3) is 5.91 Å². The molecule has 1 atom stereocenters. The summed E-state index contributed by atoms with van der Waals surface area (Å²) >= 11 is 3.45. The molecule has 0 aromatic heterocycles. The molecule has 0 radical (unpaired) electrons. The van der Waals surface area contributed by atoms with Crippen LogP contribution in [0.5, 0.6) is 0 Å². The highest BCUT2D eigenvalue weighted by molar-refractivity contribution is 9.10. The van der Waals surface area contributed by atoms with E-state index in [9.17, 15) is 10.1 Å². The number of halogens is 1. The molecular formula is C22H24BrN3O. The van der Waals surface area contributed by atoms with Crippen molar-refractivity contribution in [1.29, 1.82) is 5.26 Å². The lowest BCUT2D eigenvalue weighted by Crippen LogP contribution is -2.28. The first kappa shape index (κ1) is 20.7. The molecule has 0 saturated carbocycles. The predicted molar refractivity (Wildman–Crippen MR) is 112 cm³/mol. The molecule has 2 N–H and O–H groups in total. The minimum absolute atomic E-state index is 0.0706. The Morgan fingerprint density at radius 1 is 1.22 bits per heavy atom. The third-order valence-electron chi connectivity index (χ3n) is 4.29. The summed E-state index contributed by atoms with van der Waals surface area (Å²) in [4.78, 5) is 12.3. The van der Waals surface area contributed by atoms with E-state index in [1.165, 1.54) is 17.3 Å². The van der Waals surface area contributed by atoms with Gasteiger partial charge in [0.1, 0.15) is 11.6 Å². The third-order valence-corrected chi connectivity index (χ3v) is 4.79. The van der Waals surface area contributed by atoms with Crippen LogP contribution in [0.15, 0.2) is 64.8 Å². The maximum absolute atomic E-state index is 12.3. The molecule has 140 valence electrons. The fourth-order valence-corrected chi connectivity index (χ4v) is 3.08. The highest BCUT2D eigenvalue weighted by atomic mass is 79.9. The Hall–Kier alpha value is -2.58. The van der Waals surface area contributed by atoms with Crippen molar-refractivity contribution in [3.63, 3.8) is 0 Å². The van der Waals surface area contributed by atoms with Gasteiger partial charge in [-0.15, -0.1) is 0 Å². The SMILES string of the molecule is CCc1ccc(C(C)NC(=O)/C(C#N)=C\NCCc2cccc(Br)c2)cc1. The molecule has 0 spiro atoms. The van der Waals surface area contributed by atoms with Crippen LogP contribution >= 0.6 is 15.9 Å². The van der Waals surface area contributed by atoms with Gasteiger partial charge in [0.15, 0.2) is 0 Å². The van der Waals surface area contributed by atoms with Gasteiger partial charge in [0.2, 0.25) is 0 Å². The van der Waals surface area contributed by atoms with E-state index in [1.54, 1.807) is 0 Å². The minimum atomic E-state index is -0.375. The van der Waals surface area contributed by atoms with Crippen LogP contribution in [0.2, 0.25) is 0 Å². The zero-order valence-electron chi connectivity index (χ0n) is 15.6. The second-order valence-corrected chi connectivity index (χ2v) is 7.21. The molecule has 0 saturated heterocycles. The average Bonchev–Trinajstić information content (AvgIpc) is 2.68. The lowest BCUT2D eigenvalue weighted by atomic mass is 10.0. The summed E-state index contributed by atoms with van der Waals surface area (Å²) in [7, 11) is 0. The Kier molecular flexibility index (Phi) is 8.09. The van der Waals surface area contributed by atoms with Crippen molar-refractivity contribution < 1.29 is 4.79 Å². The first-order valence-corrected chi connectivity index (χ1v) is 9.80. The van der Waals surface area contributed by atoms with E-state index < -0.39 is 0 Å². The lowest BCUT2D eigenvalue weighted by molar-refractivity contribution is -0.117. The quantitative estimate of drug-likeness (QED) is 0.373. The van der Waals surface area contributed by atoms with E-state index in [0.29, 0.717) is 6.54 Å². The highest BCUT2D eigenvalue weighted by Crippen LogP contribution is 2.14. The number of carbonyl (C=O) groups excluding carboxylic acids is 1. The highest BCUT2D eigenvalue weighted by Gasteiger charge is 2.13. The fraction of sp³-hybridized carbons (Fsp3) is 0.273. The topological polar surface area (TPSA) is 64.9 Å². The Morgan fingerprint density at radius 2 is 1.96 bits per heavy atom. The van der Waals surface area contributed by atoms with Crippen LogP contribution in [0.25, 0.3) is 0 Å². The van der Waals surface area contributed by atoms with Crippen molar-refractivity contribution in [2.24, 2.45) is 0 Å². The molecule has 2 aromatic rings. The lowest BCUT2D eigenvalue weighted by Gasteiger charge is -2.14. The maximum Gasteiger partial charge on any atom is 0.263 e. The van der Waals surface area contributed by atoms with Crippen molar-refractivity contribution in [2.45, 2.75) is 32.7 Å². The molecule has 0 bridgehead atoms. The second kappa shape index (κ2) is 10.5. The van der Waals surface area contributed by atoms with Gasteiger partial charge in [-0.2, -0.15) is 5.26 Å². The number of benzene rings is 2. The first-order chi connectivity index (χ1) is 13.0. The standard InChI is InChI=1S/C22H24BrN3O/c1-3-17-7-9-19(10-8-17)16(2)26-22(27)20(14-24)15-25-12-11-18-5-4-6-21(23)13-18/h4-10,13,15-16,25H,3,11-12H2,1-2H3,(H,26,27)/b20-15-.